The van der Waals surface area contributed by atoms with Crippen LogP contribution in [-0.2, 0) is 21.0 Å². The van der Waals surface area contributed by atoms with Gasteiger partial charge in [0.2, 0.25) is 5.91 Å². The molecule has 0 fully saturated rings. The number of amides is 1. The predicted molar refractivity (Wildman–Crippen MR) is 96.8 cm³/mol. The van der Waals surface area contributed by atoms with E-state index in [4.69, 9.17) is 0 Å². The highest BCUT2D eigenvalue weighted by Crippen LogP contribution is 2.31. The van der Waals surface area contributed by atoms with Gasteiger partial charge in [-0.3, -0.25) is 9.52 Å². The lowest BCUT2D eigenvalue weighted by molar-refractivity contribution is -0.137. The average molecular weight is 398 g/mol. The SMILES string of the molecule is CC(C)=CC(=O)Nc1cccc(S(=O)(=O)Nc2cccc(C(F)(F)F)c2)c1. The zero-order valence-corrected chi connectivity index (χ0v) is 15.3. The smallest absolute Gasteiger partial charge is 0.322 e. The Morgan fingerprint density at radius 1 is 1.00 bits per heavy atom. The first-order chi connectivity index (χ1) is 12.5. The first kappa shape index (κ1) is 20.5. The van der Waals surface area contributed by atoms with E-state index >= 15 is 0 Å². The first-order valence-electron chi connectivity index (χ1n) is 7.73. The maximum Gasteiger partial charge on any atom is 0.416 e. The van der Waals surface area contributed by atoms with Gasteiger partial charge >= 0.3 is 6.18 Å². The lowest BCUT2D eigenvalue weighted by atomic mass is 10.2. The van der Waals surface area contributed by atoms with Crippen molar-refractivity contribution in [2.75, 3.05) is 10.0 Å². The third kappa shape index (κ3) is 5.85. The summed E-state index contributed by atoms with van der Waals surface area (Å²) < 4.78 is 65.3. The highest BCUT2D eigenvalue weighted by atomic mass is 32.2. The standard InChI is InChI=1S/C18H17F3N2O3S/c1-12(2)9-17(24)22-14-6-4-8-16(11-14)27(25,26)23-15-7-3-5-13(10-15)18(19,20)21/h3-11,23H,1-2H3,(H,22,24). The largest absolute Gasteiger partial charge is 0.416 e. The highest BCUT2D eigenvalue weighted by molar-refractivity contribution is 7.92. The molecule has 2 aromatic carbocycles. The molecule has 0 bridgehead atoms. The summed E-state index contributed by atoms with van der Waals surface area (Å²) in [6, 6.07) is 9.28. The Balaban J connectivity index is 2.26. The number of hydrogen-bond donors (Lipinski definition) is 2. The van der Waals surface area contributed by atoms with E-state index in [1.54, 1.807) is 13.8 Å². The van der Waals surface area contributed by atoms with Gasteiger partial charge in [0.05, 0.1) is 10.5 Å². The molecule has 0 radical (unpaired) electrons. The molecule has 0 heterocycles. The minimum Gasteiger partial charge on any atom is -0.322 e. The summed E-state index contributed by atoms with van der Waals surface area (Å²) in [7, 11) is -4.14. The minimum absolute atomic E-state index is 0.199. The number of benzene rings is 2. The second kappa shape index (κ2) is 7.83. The van der Waals surface area contributed by atoms with E-state index in [-0.39, 0.29) is 16.3 Å². The van der Waals surface area contributed by atoms with Crippen molar-refractivity contribution < 1.29 is 26.4 Å². The van der Waals surface area contributed by atoms with Gasteiger partial charge in [0.25, 0.3) is 10.0 Å². The molecule has 1 amide bonds. The summed E-state index contributed by atoms with van der Waals surface area (Å²) in [5, 5.41) is 2.52. The lowest BCUT2D eigenvalue weighted by Crippen LogP contribution is -2.15. The highest BCUT2D eigenvalue weighted by Gasteiger charge is 2.30. The minimum atomic E-state index is -4.59. The van der Waals surface area contributed by atoms with Crippen LogP contribution in [0.3, 0.4) is 0 Å². The quantitative estimate of drug-likeness (QED) is 0.733. The number of hydrogen-bond acceptors (Lipinski definition) is 3. The molecule has 0 saturated carbocycles. The Bertz CT molecular complexity index is 979. The van der Waals surface area contributed by atoms with Gasteiger partial charge in [0.15, 0.2) is 0 Å². The van der Waals surface area contributed by atoms with Crippen LogP contribution in [0.4, 0.5) is 24.5 Å². The van der Waals surface area contributed by atoms with Crippen LogP contribution in [0.25, 0.3) is 0 Å². The maximum atomic E-state index is 12.8. The number of anilines is 2. The van der Waals surface area contributed by atoms with Crippen LogP contribution >= 0.6 is 0 Å². The average Bonchev–Trinajstić information content (AvgIpc) is 2.53. The van der Waals surface area contributed by atoms with Crippen LogP contribution in [0, 0.1) is 0 Å². The number of rotatable bonds is 5. The molecular weight excluding hydrogens is 381 g/mol. The zero-order valence-electron chi connectivity index (χ0n) is 14.5. The van der Waals surface area contributed by atoms with Crippen LogP contribution in [0.2, 0.25) is 0 Å². The molecule has 2 rings (SSSR count). The number of alkyl halides is 3. The van der Waals surface area contributed by atoms with E-state index in [1.807, 2.05) is 0 Å². The fourth-order valence-electron chi connectivity index (χ4n) is 2.15. The summed E-state index contributed by atoms with van der Waals surface area (Å²) in [6.45, 7) is 3.47. The van der Waals surface area contributed by atoms with E-state index < -0.39 is 27.7 Å². The van der Waals surface area contributed by atoms with Crippen LogP contribution < -0.4 is 10.0 Å². The fraction of sp³-hybridized carbons (Fsp3) is 0.167. The number of nitrogens with one attached hydrogen (secondary N) is 2. The number of halogens is 3. The van der Waals surface area contributed by atoms with Gasteiger partial charge in [0, 0.05) is 17.5 Å². The van der Waals surface area contributed by atoms with Gasteiger partial charge in [0.1, 0.15) is 0 Å². The summed E-state index contributed by atoms with van der Waals surface area (Å²) in [5.74, 6) is -0.421. The first-order valence-corrected chi connectivity index (χ1v) is 9.22. The number of allylic oxidation sites excluding steroid dienone is 1. The molecule has 27 heavy (non-hydrogen) atoms. The van der Waals surface area contributed by atoms with Crippen molar-refractivity contribution in [1.29, 1.82) is 0 Å². The van der Waals surface area contributed by atoms with Gasteiger partial charge in [-0.1, -0.05) is 17.7 Å². The van der Waals surface area contributed by atoms with Crippen molar-refractivity contribution in [2.24, 2.45) is 0 Å². The van der Waals surface area contributed by atoms with Gasteiger partial charge < -0.3 is 5.32 Å². The molecule has 0 aliphatic rings. The maximum absolute atomic E-state index is 12.8. The van der Waals surface area contributed by atoms with Crippen molar-refractivity contribution in [3.8, 4) is 0 Å². The Hall–Kier alpha value is -2.81. The van der Waals surface area contributed by atoms with Crippen molar-refractivity contribution in [1.82, 2.24) is 0 Å². The molecular formula is C18H17F3N2O3S. The third-order valence-corrected chi connectivity index (χ3v) is 4.65. The molecule has 0 aromatic heterocycles. The third-order valence-electron chi connectivity index (χ3n) is 3.27. The summed E-state index contributed by atoms with van der Waals surface area (Å²) in [6.07, 6.45) is -3.24. The second-order valence-electron chi connectivity index (χ2n) is 5.92. The molecule has 0 atom stereocenters. The lowest BCUT2D eigenvalue weighted by Gasteiger charge is -2.12. The Kier molecular flexibility index (Phi) is 5.94. The van der Waals surface area contributed by atoms with Gasteiger partial charge in [-0.2, -0.15) is 13.2 Å². The van der Waals surface area contributed by atoms with Crippen LogP contribution in [0.5, 0.6) is 0 Å². The molecule has 144 valence electrons. The van der Waals surface area contributed by atoms with Crippen molar-refractivity contribution in [3.05, 3.63) is 65.7 Å². The summed E-state index contributed by atoms with van der Waals surface area (Å²) >= 11 is 0. The Labute approximate surface area is 155 Å². The topological polar surface area (TPSA) is 75.3 Å². The van der Waals surface area contributed by atoms with Crippen molar-refractivity contribution in [3.63, 3.8) is 0 Å². The molecule has 0 saturated heterocycles. The van der Waals surface area contributed by atoms with Gasteiger partial charge in [-0.15, -0.1) is 0 Å². The predicted octanol–water partition coefficient (Wildman–Crippen LogP) is 4.41. The zero-order chi connectivity index (χ0) is 20.2. The Morgan fingerprint density at radius 2 is 1.63 bits per heavy atom. The van der Waals surface area contributed by atoms with Crippen LogP contribution in [0.1, 0.15) is 19.4 Å². The van der Waals surface area contributed by atoms with Crippen molar-refractivity contribution in [2.45, 2.75) is 24.9 Å². The molecule has 0 unspecified atom stereocenters. The van der Waals surface area contributed by atoms with Gasteiger partial charge in [-0.05, 0) is 50.2 Å². The molecule has 2 aromatic rings. The number of carbonyl (C=O) groups is 1. The van der Waals surface area contributed by atoms with E-state index in [2.05, 4.69) is 10.0 Å². The Morgan fingerprint density at radius 3 is 2.26 bits per heavy atom. The normalized spacial score (nSPS) is 11.6. The molecule has 0 aliphatic carbocycles. The van der Waals surface area contributed by atoms with E-state index in [0.717, 1.165) is 17.7 Å². The van der Waals surface area contributed by atoms with Gasteiger partial charge in [-0.25, -0.2) is 8.42 Å². The molecule has 0 spiro atoms. The van der Waals surface area contributed by atoms with E-state index in [1.165, 1.54) is 36.4 Å². The summed E-state index contributed by atoms with van der Waals surface area (Å²) in [4.78, 5) is 11.5. The molecule has 0 aliphatic heterocycles. The van der Waals surface area contributed by atoms with E-state index in [9.17, 15) is 26.4 Å². The molecule has 2 N–H and O–H groups in total. The molecule has 9 heteroatoms. The number of carbonyl (C=O) groups excluding carboxylic acids is 1. The van der Waals surface area contributed by atoms with Crippen LogP contribution in [-0.4, -0.2) is 14.3 Å². The summed E-state index contributed by atoms with van der Waals surface area (Å²) in [5.41, 5.74) is -0.179. The van der Waals surface area contributed by atoms with E-state index in [0.29, 0.717) is 6.07 Å². The fourth-order valence-corrected chi connectivity index (χ4v) is 3.25. The number of sulfonamides is 1. The van der Waals surface area contributed by atoms with Crippen LogP contribution in [0.15, 0.2) is 65.1 Å². The molecule has 5 nitrogen and oxygen atoms in total. The van der Waals surface area contributed by atoms with Crippen molar-refractivity contribution >= 4 is 27.3 Å². The monoisotopic (exact) mass is 398 g/mol. The second-order valence-corrected chi connectivity index (χ2v) is 7.61.